The lowest BCUT2D eigenvalue weighted by molar-refractivity contribution is 0.188. The molecule has 1 fully saturated rings. The molecule has 0 spiro atoms. The van der Waals surface area contributed by atoms with Crippen LogP contribution in [0.3, 0.4) is 0 Å². The third-order valence-corrected chi connectivity index (χ3v) is 4.90. The topological polar surface area (TPSA) is 63.4 Å². The fourth-order valence-electron chi connectivity index (χ4n) is 3.67. The first-order valence-electron chi connectivity index (χ1n) is 8.25. The maximum absolute atomic E-state index is 9.67. The van der Waals surface area contributed by atoms with Gasteiger partial charge in [-0.3, -0.25) is 4.90 Å². The van der Waals surface area contributed by atoms with Crippen LogP contribution in [0.15, 0.2) is 0 Å². The van der Waals surface area contributed by atoms with Crippen molar-refractivity contribution in [3.05, 3.63) is 22.4 Å². The van der Waals surface area contributed by atoms with Gasteiger partial charge in [-0.1, -0.05) is 0 Å². The summed E-state index contributed by atoms with van der Waals surface area (Å²) in [6, 6.07) is 2.43. The van der Waals surface area contributed by atoms with E-state index in [9.17, 15) is 5.26 Å². The number of aryl methyl sites for hydroxylation is 1. The Kier molecular flexibility index (Phi) is 4.60. The maximum Gasteiger partial charge on any atom is 0.147 e. The lowest BCUT2D eigenvalue weighted by Crippen LogP contribution is -2.47. The highest BCUT2D eigenvalue weighted by Gasteiger charge is 2.25. The van der Waals surface area contributed by atoms with Gasteiger partial charge in [0, 0.05) is 38.4 Å². The van der Waals surface area contributed by atoms with E-state index in [1.807, 2.05) is 0 Å². The standard InChI is InChI=1S/C17H24N4O/c1-13-14-4-2-3-5-15(14)16(12-18)17(19-13)21-8-6-20(7-9-21)10-11-22/h22H,2-11H2,1H3. The largest absolute Gasteiger partial charge is 0.395 e. The van der Waals surface area contributed by atoms with E-state index in [1.54, 1.807) is 0 Å². The quantitative estimate of drug-likeness (QED) is 0.910. The summed E-state index contributed by atoms with van der Waals surface area (Å²) in [4.78, 5) is 9.29. The molecule has 5 nitrogen and oxygen atoms in total. The van der Waals surface area contributed by atoms with Crippen molar-refractivity contribution in [1.82, 2.24) is 9.88 Å². The van der Waals surface area contributed by atoms with Gasteiger partial charge < -0.3 is 10.0 Å². The Hall–Kier alpha value is -1.64. The summed E-state index contributed by atoms with van der Waals surface area (Å²) in [5, 5.41) is 18.7. The summed E-state index contributed by atoms with van der Waals surface area (Å²) < 4.78 is 0. The van der Waals surface area contributed by atoms with Crippen LogP contribution in [0.1, 0.15) is 35.2 Å². The van der Waals surface area contributed by atoms with Gasteiger partial charge in [-0.2, -0.15) is 5.26 Å². The molecule has 1 aliphatic carbocycles. The Labute approximate surface area is 132 Å². The molecule has 0 radical (unpaired) electrons. The Balaban J connectivity index is 1.88. The average Bonchev–Trinajstić information content (AvgIpc) is 2.56. The highest BCUT2D eigenvalue weighted by molar-refractivity contribution is 5.61. The van der Waals surface area contributed by atoms with Gasteiger partial charge in [0.25, 0.3) is 0 Å². The highest BCUT2D eigenvalue weighted by Crippen LogP contribution is 2.32. The van der Waals surface area contributed by atoms with Gasteiger partial charge in [-0.25, -0.2) is 4.98 Å². The normalized spacial score (nSPS) is 18.9. The number of nitrogens with zero attached hydrogens (tertiary/aromatic N) is 4. The Morgan fingerprint density at radius 3 is 2.45 bits per heavy atom. The van der Waals surface area contributed by atoms with Crippen LogP contribution in [-0.2, 0) is 12.8 Å². The molecule has 0 unspecified atom stereocenters. The summed E-state index contributed by atoms with van der Waals surface area (Å²) >= 11 is 0. The molecule has 3 rings (SSSR count). The molecule has 1 aliphatic heterocycles. The lowest BCUT2D eigenvalue weighted by atomic mass is 9.88. The van der Waals surface area contributed by atoms with Gasteiger partial charge >= 0.3 is 0 Å². The first-order chi connectivity index (χ1) is 10.7. The Morgan fingerprint density at radius 2 is 1.82 bits per heavy atom. The Bertz CT molecular complexity index is 585. The fraction of sp³-hybridized carbons (Fsp3) is 0.647. The molecule has 2 aliphatic rings. The highest BCUT2D eigenvalue weighted by atomic mass is 16.3. The molecule has 0 bridgehead atoms. The molecule has 1 N–H and O–H groups in total. The number of rotatable bonds is 3. The smallest absolute Gasteiger partial charge is 0.147 e. The molecule has 0 amide bonds. The molecule has 2 heterocycles. The minimum absolute atomic E-state index is 0.208. The van der Waals surface area contributed by atoms with Crippen LogP contribution >= 0.6 is 0 Å². The number of nitriles is 1. The summed E-state index contributed by atoms with van der Waals surface area (Å²) in [6.45, 7) is 6.61. The number of hydrogen-bond donors (Lipinski definition) is 1. The molecule has 22 heavy (non-hydrogen) atoms. The van der Waals surface area contributed by atoms with Gasteiger partial charge in [0.2, 0.25) is 0 Å². The number of piperazine rings is 1. The molecule has 1 aromatic rings. The zero-order chi connectivity index (χ0) is 15.5. The predicted octanol–water partition coefficient (Wildman–Crippen LogP) is 1.25. The monoisotopic (exact) mass is 300 g/mol. The number of aliphatic hydroxyl groups is 1. The fourth-order valence-corrected chi connectivity index (χ4v) is 3.67. The van der Waals surface area contributed by atoms with Gasteiger partial charge in [0.1, 0.15) is 11.9 Å². The Morgan fingerprint density at radius 1 is 1.14 bits per heavy atom. The number of pyridine rings is 1. The maximum atomic E-state index is 9.67. The minimum atomic E-state index is 0.208. The SMILES string of the molecule is Cc1nc(N2CCN(CCO)CC2)c(C#N)c2c1CCCC2. The van der Waals surface area contributed by atoms with E-state index in [0.29, 0.717) is 0 Å². The van der Waals surface area contributed by atoms with Gasteiger partial charge in [-0.15, -0.1) is 0 Å². The first kappa shape index (κ1) is 15.3. The third-order valence-electron chi connectivity index (χ3n) is 4.90. The van der Waals surface area contributed by atoms with Crippen molar-refractivity contribution in [3.63, 3.8) is 0 Å². The van der Waals surface area contributed by atoms with Crippen molar-refractivity contribution < 1.29 is 5.11 Å². The molecular formula is C17H24N4O. The second-order valence-electron chi connectivity index (χ2n) is 6.22. The van der Waals surface area contributed by atoms with E-state index < -0.39 is 0 Å². The molecule has 1 saturated heterocycles. The number of β-amino-alcohol motifs (C(OH)–C–C–N with tert-alkyl or cyclic N) is 1. The van der Waals surface area contributed by atoms with Crippen molar-refractivity contribution in [2.45, 2.75) is 32.6 Å². The first-order valence-corrected chi connectivity index (χ1v) is 8.25. The van der Waals surface area contributed by atoms with E-state index >= 15 is 0 Å². The molecule has 5 heteroatoms. The molecule has 1 aromatic heterocycles. The second kappa shape index (κ2) is 6.64. The van der Waals surface area contributed by atoms with Gasteiger partial charge in [0.15, 0.2) is 0 Å². The van der Waals surface area contributed by atoms with Gasteiger partial charge in [-0.05, 0) is 43.7 Å². The number of aliphatic hydroxyl groups excluding tert-OH is 1. The van der Waals surface area contributed by atoms with Crippen molar-refractivity contribution in [2.24, 2.45) is 0 Å². The van der Waals surface area contributed by atoms with E-state index in [4.69, 9.17) is 10.1 Å². The van der Waals surface area contributed by atoms with Crippen molar-refractivity contribution >= 4 is 5.82 Å². The molecule has 0 saturated carbocycles. The van der Waals surface area contributed by atoms with Crippen LogP contribution in [0.2, 0.25) is 0 Å². The lowest BCUT2D eigenvalue weighted by Gasteiger charge is -2.36. The number of hydrogen-bond acceptors (Lipinski definition) is 5. The van der Waals surface area contributed by atoms with Crippen molar-refractivity contribution in [3.8, 4) is 6.07 Å². The summed E-state index contributed by atoms with van der Waals surface area (Å²) in [5.74, 6) is 0.879. The van der Waals surface area contributed by atoms with Crippen LogP contribution in [0.4, 0.5) is 5.82 Å². The molecule has 118 valence electrons. The number of aromatic nitrogens is 1. The zero-order valence-electron chi connectivity index (χ0n) is 13.3. The van der Waals surface area contributed by atoms with Crippen LogP contribution in [0.25, 0.3) is 0 Å². The minimum Gasteiger partial charge on any atom is -0.395 e. The van der Waals surface area contributed by atoms with E-state index in [-0.39, 0.29) is 6.61 Å². The molecule has 0 atom stereocenters. The number of anilines is 1. The van der Waals surface area contributed by atoms with Crippen LogP contribution in [0, 0.1) is 18.3 Å². The van der Waals surface area contributed by atoms with Crippen LogP contribution in [0.5, 0.6) is 0 Å². The molecular weight excluding hydrogens is 276 g/mol. The third kappa shape index (κ3) is 2.81. The van der Waals surface area contributed by atoms with E-state index in [0.717, 1.165) is 62.6 Å². The molecule has 0 aromatic carbocycles. The van der Waals surface area contributed by atoms with Gasteiger partial charge in [0.05, 0.1) is 12.2 Å². The second-order valence-corrected chi connectivity index (χ2v) is 6.22. The summed E-state index contributed by atoms with van der Waals surface area (Å²) in [7, 11) is 0. The zero-order valence-corrected chi connectivity index (χ0v) is 13.3. The van der Waals surface area contributed by atoms with Crippen LogP contribution < -0.4 is 4.90 Å². The van der Waals surface area contributed by atoms with E-state index in [1.165, 1.54) is 24.0 Å². The summed E-state index contributed by atoms with van der Waals surface area (Å²) in [6.07, 6.45) is 4.46. The predicted molar refractivity (Wildman–Crippen MR) is 86.1 cm³/mol. The average molecular weight is 300 g/mol. The van der Waals surface area contributed by atoms with Crippen molar-refractivity contribution in [2.75, 3.05) is 44.2 Å². The van der Waals surface area contributed by atoms with Crippen molar-refractivity contribution in [1.29, 1.82) is 5.26 Å². The van der Waals surface area contributed by atoms with E-state index in [2.05, 4.69) is 22.8 Å². The van der Waals surface area contributed by atoms with Crippen LogP contribution in [-0.4, -0.2) is 54.3 Å². The number of fused-ring (bicyclic) bond motifs is 1. The summed E-state index contributed by atoms with van der Waals surface area (Å²) in [5.41, 5.74) is 4.46.